The minimum absolute atomic E-state index is 0.207. The lowest BCUT2D eigenvalue weighted by molar-refractivity contribution is -0.146. The first-order valence-corrected chi connectivity index (χ1v) is 8.14. The van der Waals surface area contributed by atoms with Crippen molar-refractivity contribution in [1.82, 2.24) is 0 Å². The van der Waals surface area contributed by atoms with Crippen molar-refractivity contribution < 1.29 is 18.7 Å². The van der Waals surface area contributed by atoms with Crippen molar-refractivity contribution >= 4 is 29.3 Å². The number of halogens is 1. The minimum Gasteiger partial charge on any atom is -0.455 e. The number of anilines is 1. The molecule has 4 nitrogen and oxygen atoms in total. The molecule has 0 saturated heterocycles. The Labute approximate surface area is 138 Å². The van der Waals surface area contributed by atoms with E-state index in [2.05, 4.69) is 5.32 Å². The van der Waals surface area contributed by atoms with Gasteiger partial charge in [0.1, 0.15) is 5.82 Å². The predicted molar refractivity (Wildman–Crippen MR) is 87.9 cm³/mol. The second-order valence-corrected chi connectivity index (χ2v) is 5.53. The molecule has 0 radical (unpaired) electrons. The number of nitrogens with one attached hydrogen (secondary N) is 1. The van der Waals surface area contributed by atoms with Crippen LogP contribution >= 0.6 is 11.8 Å². The largest absolute Gasteiger partial charge is 0.455 e. The van der Waals surface area contributed by atoms with E-state index in [9.17, 15) is 14.0 Å². The third-order valence-corrected chi connectivity index (χ3v) is 3.83. The Morgan fingerprint density at radius 1 is 1.13 bits per heavy atom. The number of benzene rings is 2. The molecule has 23 heavy (non-hydrogen) atoms. The third kappa shape index (κ3) is 5.10. The maximum absolute atomic E-state index is 13.4. The summed E-state index contributed by atoms with van der Waals surface area (Å²) in [4.78, 5) is 24.4. The number of para-hydroxylation sites is 1. The average Bonchev–Trinajstić information content (AvgIpc) is 2.55. The Bertz CT molecular complexity index is 706. The number of rotatable bonds is 6. The van der Waals surface area contributed by atoms with Crippen molar-refractivity contribution in [2.75, 3.05) is 18.2 Å². The first kappa shape index (κ1) is 17.0. The maximum Gasteiger partial charge on any atom is 0.310 e. The summed E-state index contributed by atoms with van der Waals surface area (Å²) in [5.74, 6) is -1.56. The maximum atomic E-state index is 13.4. The molecule has 0 heterocycles. The summed E-state index contributed by atoms with van der Waals surface area (Å²) in [6.45, 7) is -0.407. The quantitative estimate of drug-likeness (QED) is 0.651. The van der Waals surface area contributed by atoms with E-state index in [0.29, 0.717) is 5.69 Å². The fourth-order valence-corrected chi connectivity index (χ4v) is 2.48. The molecule has 1 N–H and O–H groups in total. The number of carbonyl (C=O) groups excluding carboxylic acids is 2. The highest BCUT2D eigenvalue weighted by Crippen LogP contribution is 2.24. The summed E-state index contributed by atoms with van der Waals surface area (Å²) in [7, 11) is 0. The van der Waals surface area contributed by atoms with E-state index in [1.165, 1.54) is 23.9 Å². The summed E-state index contributed by atoms with van der Waals surface area (Å²) < 4.78 is 18.3. The van der Waals surface area contributed by atoms with Crippen LogP contribution < -0.4 is 5.32 Å². The molecule has 0 atom stereocenters. The molecular weight excluding hydrogens is 317 g/mol. The summed E-state index contributed by atoms with van der Waals surface area (Å²) in [6.07, 6.45) is 1.70. The van der Waals surface area contributed by atoms with Crippen molar-refractivity contribution in [1.29, 1.82) is 0 Å². The summed E-state index contributed by atoms with van der Waals surface area (Å²) in [6, 6.07) is 13.3. The van der Waals surface area contributed by atoms with E-state index >= 15 is 0 Å². The van der Waals surface area contributed by atoms with Crippen LogP contribution in [0.2, 0.25) is 0 Å². The van der Waals surface area contributed by atoms with E-state index < -0.39 is 24.3 Å². The second kappa shape index (κ2) is 8.33. The molecule has 0 aliphatic heterocycles. The van der Waals surface area contributed by atoms with Gasteiger partial charge in [-0.3, -0.25) is 9.59 Å². The lowest BCUT2D eigenvalue weighted by Crippen LogP contribution is -2.22. The molecule has 0 fully saturated rings. The molecule has 120 valence electrons. The van der Waals surface area contributed by atoms with Gasteiger partial charge in [-0.15, -0.1) is 11.8 Å². The SMILES string of the molecule is CSc1ccccc1NC(=O)COC(=O)Cc1ccccc1F. The van der Waals surface area contributed by atoms with E-state index in [1.807, 2.05) is 18.4 Å². The number of amides is 1. The molecule has 2 rings (SSSR count). The smallest absolute Gasteiger partial charge is 0.310 e. The van der Waals surface area contributed by atoms with Gasteiger partial charge in [0.25, 0.3) is 5.91 Å². The minimum atomic E-state index is -0.650. The summed E-state index contributed by atoms with van der Waals surface area (Å²) in [5.41, 5.74) is 0.904. The van der Waals surface area contributed by atoms with Crippen molar-refractivity contribution in [2.24, 2.45) is 0 Å². The third-order valence-electron chi connectivity index (χ3n) is 3.04. The van der Waals surface area contributed by atoms with Gasteiger partial charge in [0.2, 0.25) is 0 Å². The zero-order valence-corrected chi connectivity index (χ0v) is 13.4. The molecule has 0 spiro atoms. The summed E-state index contributed by atoms with van der Waals surface area (Å²) in [5, 5.41) is 2.68. The highest BCUT2D eigenvalue weighted by molar-refractivity contribution is 7.98. The van der Waals surface area contributed by atoms with Crippen molar-refractivity contribution in [2.45, 2.75) is 11.3 Å². The van der Waals surface area contributed by atoms with E-state index in [4.69, 9.17) is 4.74 Å². The second-order valence-electron chi connectivity index (χ2n) is 4.68. The number of ether oxygens (including phenoxy) is 1. The Kier molecular flexibility index (Phi) is 6.17. The molecule has 1 amide bonds. The molecule has 0 aliphatic rings. The fourth-order valence-electron chi connectivity index (χ4n) is 1.93. The Balaban J connectivity index is 1.84. The van der Waals surface area contributed by atoms with Gasteiger partial charge >= 0.3 is 5.97 Å². The van der Waals surface area contributed by atoms with Crippen LogP contribution in [0.5, 0.6) is 0 Å². The van der Waals surface area contributed by atoms with E-state index in [-0.39, 0.29) is 12.0 Å². The van der Waals surface area contributed by atoms with Crippen molar-refractivity contribution in [3.63, 3.8) is 0 Å². The highest BCUT2D eigenvalue weighted by Gasteiger charge is 2.12. The highest BCUT2D eigenvalue weighted by atomic mass is 32.2. The van der Waals surface area contributed by atoms with Gasteiger partial charge < -0.3 is 10.1 Å². The van der Waals surface area contributed by atoms with Gasteiger partial charge in [-0.05, 0) is 30.0 Å². The van der Waals surface area contributed by atoms with Crippen molar-refractivity contribution in [3.05, 3.63) is 59.9 Å². The monoisotopic (exact) mass is 333 g/mol. The van der Waals surface area contributed by atoms with E-state index in [1.54, 1.807) is 24.3 Å². The van der Waals surface area contributed by atoms with Gasteiger partial charge in [0.15, 0.2) is 6.61 Å². The molecule has 0 aromatic heterocycles. The van der Waals surface area contributed by atoms with Gasteiger partial charge in [0.05, 0.1) is 12.1 Å². The van der Waals surface area contributed by atoms with Crippen LogP contribution in [-0.4, -0.2) is 24.7 Å². The molecule has 2 aromatic rings. The van der Waals surface area contributed by atoms with E-state index in [0.717, 1.165) is 4.90 Å². The summed E-state index contributed by atoms with van der Waals surface area (Å²) >= 11 is 1.50. The number of hydrogen-bond acceptors (Lipinski definition) is 4. The standard InChI is InChI=1S/C17H16FNO3S/c1-23-15-9-5-4-8-14(15)19-16(20)11-22-17(21)10-12-6-2-3-7-13(12)18/h2-9H,10-11H2,1H3,(H,19,20). The molecule has 2 aromatic carbocycles. The number of hydrogen-bond donors (Lipinski definition) is 1. The lowest BCUT2D eigenvalue weighted by atomic mass is 10.1. The molecule has 0 aliphatic carbocycles. The first-order valence-electron chi connectivity index (χ1n) is 6.92. The first-order chi connectivity index (χ1) is 11.1. The van der Waals surface area contributed by atoms with Crippen molar-refractivity contribution in [3.8, 4) is 0 Å². The van der Waals surface area contributed by atoms with Gasteiger partial charge in [-0.1, -0.05) is 30.3 Å². The number of carbonyl (C=O) groups is 2. The van der Waals surface area contributed by atoms with Crippen LogP contribution in [0.3, 0.4) is 0 Å². The predicted octanol–water partition coefficient (Wildman–Crippen LogP) is 3.27. The number of thioether (sulfide) groups is 1. The van der Waals surface area contributed by atoms with Gasteiger partial charge in [-0.2, -0.15) is 0 Å². The average molecular weight is 333 g/mol. The topological polar surface area (TPSA) is 55.4 Å². The fraction of sp³-hybridized carbons (Fsp3) is 0.176. The zero-order chi connectivity index (χ0) is 16.7. The Morgan fingerprint density at radius 3 is 2.57 bits per heavy atom. The van der Waals surface area contributed by atoms with Crippen LogP contribution in [0.4, 0.5) is 10.1 Å². The van der Waals surface area contributed by atoms with Gasteiger partial charge in [0, 0.05) is 4.90 Å². The molecular formula is C17H16FNO3S. The zero-order valence-electron chi connectivity index (χ0n) is 12.5. The molecule has 0 bridgehead atoms. The normalized spacial score (nSPS) is 10.2. The van der Waals surface area contributed by atoms with Gasteiger partial charge in [-0.25, -0.2) is 4.39 Å². The Morgan fingerprint density at radius 2 is 1.83 bits per heavy atom. The lowest BCUT2D eigenvalue weighted by Gasteiger charge is -2.09. The number of esters is 1. The van der Waals surface area contributed by atoms with Crippen LogP contribution in [0, 0.1) is 5.82 Å². The molecule has 0 unspecified atom stereocenters. The van der Waals surface area contributed by atoms with Crippen LogP contribution in [0.25, 0.3) is 0 Å². The van der Waals surface area contributed by atoms with Crippen LogP contribution in [0.15, 0.2) is 53.4 Å². The van der Waals surface area contributed by atoms with Crippen LogP contribution in [0.1, 0.15) is 5.56 Å². The Hall–Kier alpha value is -2.34. The van der Waals surface area contributed by atoms with Crippen LogP contribution in [-0.2, 0) is 20.7 Å². The molecule has 6 heteroatoms. The molecule has 0 saturated carbocycles.